The summed E-state index contributed by atoms with van der Waals surface area (Å²) in [5.74, 6) is -0.940. The molecular formula is C12H9NO2. The van der Waals surface area contributed by atoms with Gasteiger partial charge >= 0.3 is 5.97 Å². The Balaban J connectivity index is 2.43. The molecule has 0 radical (unpaired) electrons. The summed E-state index contributed by atoms with van der Waals surface area (Å²) in [4.78, 5) is 14.3. The van der Waals surface area contributed by atoms with Crippen molar-refractivity contribution in [2.75, 3.05) is 0 Å². The van der Waals surface area contributed by atoms with Crippen LogP contribution in [-0.4, -0.2) is 16.1 Å². The first kappa shape index (κ1) is 9.40. The van der Waals surface area contributed by atoms with Gasteiger partial charge in [0.2, 0.25) is 0 Å². The van der Waals surface area contributed by atoms with Crippen molar-refractivity contribution in [1.29, 1.82) is 0 Å². The number of pyridine rings is 1. The number of hydrogen-bond acceptors (Lipinski definition) is 2. The van der Waals surface area contributed by atoms with Crippen molar-refractivity contribution in [3.63, 3.8) is 0 Å². The zero-order chi connectivity index (χ0) is 10.7. The fraction of sp³-hybridized carbons (Fsp3) is 0. The summed E-state index contributed by atoms with van der Waals surface area (Å²) in [7, 11) is 0. The van der Waals surface area contributed by atoms with Crippen molar-refractivity contribution in [2.24, 2.45) is 0 Å². The fourth-order valence-electron chi connectivity index (χ4n) is 1.37. The van der Waals surface area contributed by atoms with E-state index < -0.39 is 5.97 Å². The minimum atomic E-state index is -0.940. The Morgan fingerprint density at radius 3 is 2.93 bits per heavy atom. The molecule has 0 saturated carbocycles. The van der Waals surface area contributed by atoms with Crippen LogP contribution >= 0.6 is 0 Å². The number of benzene rings is 1. The zero-order valence-corrected chi connectivity index (χ0v) is 7.92. The van der Waals surface area contributed by atoms with Gasteiger partial charge < -0.3 is 5.11 Å². The highest BCUT2D eigenvalue weighted by molar-refractivity contribution is 5.88. The maximum atomic E-state index is 10.3. The van der Waals surface area contributed by atoms with Crippen LogP contribution in [0.1, 0.15) is 5.56 Å². The van der Waals surface area contributed by atoms with Gasteiger partial charge in [0.05, 0.1) is 0 Å². The molecule has 0 amide bonds. The molecule has 0 spiro atoms. The fourth-order valence-corrected chi connectivity index (χ4v) is 1.37. The van der Waals surface area contributed by atoms with Gasteiger partial charge in [-0.3, -0.25) is 4.98 Å². The molecule has 0 saturated heterocycles. The largest absolute Gasteiger partial charge is 0.478 e. The third-order valence-electron chi connectivity index (χ3n) is 2.08. The van der Waals surface area contributed by atoms with Crippen molar-refractivity contribution in [2.45, 2.75) is 0 Å². The molecule has 0 bridgehead atoms. The Bertz CT molecular complexity index is 532. The third-order valence-corrected chi connectivity index (χ3v) is 2.08. The molecule has 0 atom stereocenters. The van der Waals surface area contributed by atoms with E-state index in [1.165, 1.54) is 0 Å². The van der Waals surface area contributed by atoms with E-state index in [0.29, 0.717) is 0 Å². The summed E-state index contributed by atoms with van der Waals surface area (Å²) in [6, 6.07) is 7.61. The molecular weight excluding hydrogens is 190 g/mol. The first-order valence-corrected chi connectivity index (χ1v) is 4.50. The number of carboxylic acids is 1. The normalized spacial score (nSPS) is 10.9. The summed E-state index contributed by atoms with van der Waals surface area (Å²) in [5.41, 5.74) is 0.871. The number of carboxylic acid groups (broad SMARTS) is 1. The molecule has 1 heterocycles. The first-order chi connectivity index (χ1) is 7.25. The molecule has 15 heavy (non-hydrogen) atoms. The van der Waals surface area contributed by atoms with Gasteiger partial charge in [-0.2, -0.15) is 0 Å². The van der Waals surface area contributed by atoms with Gasteiger partial charge in [-0.15, -0.1) is 0 Å². The van der Waals surface area contributed by atoms with Crippen LogP contribution in [0.4, 0.5) is 0 Å². The lowest BCUT2D eigenvalue weighted by Gasteiger charge is -1.97. The number of aromatic nitrogens is 1. The lowest BCUT2D eigenvalue weighted by Crippen LogP contribution is -1.85. The third kappa shape index (κ3) is 2.20. The van der Waals surface area contributed by atoms with Gasteiger partial charge in [0.25, 0.3) is 0 Å². The molecule has 0 aliphatic carbocycles. The molecule has 1 aromatic heterocycles. The number of aliphatic carboxylic acids is 1. The molecule has 3 heteroatoms. The summed E-state index contributed by atoms with van der Waals surface area (Å²) in [5, 5.41) is 10.6. The molecule has 0 aliphatic heterocycles. The number of fused-ring (bicyclic) bond motifs is 1. The minimum absolute atomic E-state index is 0.871. The van der Waals surface area contributed by atoms with Crippen molar-refractivity contribution in [3.8, 4) is 0 Å². The Morgan fingerprint density at radius 1 is 1.27 bits per heavy atom. The lowest BCUT2D eigenvalue weighted by molar-refractivity contribution is -0.131. The minimum Gasteiger partial charge on any atom is -0.478 e. The smallest absolute Gasteiger partial charge is 0.328 e. The summed E-state index contributed by atoms with van der Waals surface area (Å²) in [6.45, 7) is 0. The average molecular weight is 199 g/mol. The van der Waals surface area contributed by atoms with E-state index in [0.717, 1.165) is 22.4 Å². The highest BCUT2D eigenvalue weighted by atomic mass is 16.4. The molecule has 0 fully saturated rings. The van der Waals surface area contributed by atoms with Gasteiger partial charge in [-0.05, 0) is 29.2 Å². The summed E-state index contributed by atoms with van der Waals surface area (Å²) >= 11 is 0. The molecule has 2 rings (SSSR count). The van der Waals surface area contributed by atoms with E-state index in [2.05, 4.69) is 4.98 Å². The Morgan fingerprint density at radius 2 is 2.13 bits per heavy atom. The van der Waals surface area contributed by atoms with Crippen molar-refractivity contribution < 1.29 is 9.90 Å². The Kier molecular flexibility index (Phi) is 2.46. The topological polar surface area (TPSA) is 50.2 Å². The number of hydrogen-bond donors (Lipinski definition) is 1. The lowest BCUT2D eigenvalue weighted by atomic mass is 10.1. The Hall–Kier alpha value is -2.16. The predicted octanol–water partition coefficient (Wildman–Crippen LogP) is 2.33. The average Bonchev–Trinajstić information content (AvgIpc) is 2.26. The quantitative estimate of drug-likeness (QED) is 0.755. The van der Waals surface area contributed by atoms with E-state index in [1.807, 2.05) is 24.3 Å². The summed E-state index contributed by atoms with van der Waals surface area (Å²) in [6.07, 6.45) is 6.19. The van der Waals surface area contributed by atoms with Crippen LogP contribution in [0.15, 0.2) is 42.7 Å². The first-order valence-electron chi connectivity index (χ1n) is 4.50. The van der Waals surface area contributed by atoms with Crippen LogP contribution in [0.5, 0.6) is 0 Å². The molecule has 0 unspecified atom stereocenters. The van der Waals surface area contributed by atoms with Crippen LogP contribution in [0.3, 0.4) is 0 Å². The van der Waals surface area contributed by atoms with Gasteiger partial charge in [-0.1, -0.05) is 12.1 Å². The molecule has 1 aromatic carbocycles. The maximum Gasteiger partial charge on any atom is 0.328 e. The number of carbonyl (C=O) groups is 1. The number of rotatable bonds is 2. The molecule has 0 aliphatic rings. The van der Waals surface area contributed by atoms with Gasteiger partial charge in [0.15, 0.2) is 0 Å². The molecule has 74 valence electrons. The standard InChI is InChI=1S/C12H9NO2/c14-12(15)4-2-9-1-3-11-8-13-6-5-10(11)7-9/h1-8H,(H,14,15). The van der Waals surface area contributed by atoms with Crippen molar-refractivity contribution >= 4 is 22.8 Å². The van der Waals surface area contributed by atoms with Crippen LogP contribution in [-0.2, 0) is 4.79 Å². The zero-order valence-electron chi connectivity index (χ0n) is 7.92. The second-order valence-corrected chi connectivity index (χ2v) is 3.15. The van der Waals surface area contributed by atoms with Gasteiger partial charge in [0, 0.05) is 23.9 Å². The molecule has 1 N–H and O–H groups in total. The summed E-state index contributed by atoms with van der Waals surface area (Å²) < 4.78 is 0. The van der Waals surface area contributed by atoms with Crippen molar-refractivity contribution in [1.82, 2.24) is 4.98 Å². The molecule has 3 nitrogen and oxygen atoms in total. The van der Waals surface area contributed by atoms with Crippen LogP contribution in [0, 0.1) is 0 Å². The second kappa shape index (κ2) is 3.92. The second-order valence-electron chi connectivity index (χ2n) is 3.15. The Labute approximate surface area is 86.7 Å². The van der Waals surface area contributed by atoms with Crippen LogP contribution in [0.2, 0.25) is 0 Å². The predicted molar refractivity (Wildman–Crippen MR) is 58.4 cm³/mol. The SMILES string of the molecule is O=C(O)C=Cc1ccc2cnccc2c1. The van der Waals surface area contributed by atoms with Gasteiger partial charge in [-0.25, -0.2) is 4.79 Å². The van der Waals surface area contributed by atoms with E-state index >= 15 is 0 Å². The monoisotopic (exact) mass is 199 g/mol. The van der Waals surface area contributed by atoms with Crippen LogP contribution < -0.4 is 0 Å². The highest BCUT2D eigenvalue weighted by Crippen LogP contribution is 2.15. The van der Waals surface area contributed by atoms with Crippen molar-refractivity contribution in [3.05, 3.63) is 48.3 Å². The van der Waals surface area contributed by atoms with E-state index in [4.69, 9.17) is 5.11 Å². The van der Waals surface area contributed by atoms with E-state index in [9.17, 15) is 4.79 Å². The van der Waals surface area contributed by atoms with E-state index in [-0.39, 0.29) is 0 Å². The van der Waals surface area contributed by atoms with Gasteiger partial charge in [0.1, 0.15) is 0 Å². The highest BCUT2D eigenvalue weighted by Gasteiger charge is 1.94. The molecule has 2 aromatic rings. The number of nitrogens with zero attached hydrogens (tertiary/aromatic N) is 1. The van der Waals surface area contributed by atoms with E-state index in [1.54, 1.807) is 18.5 Å². The maximum absolute atomic E-state index is 10.3. The van der Waals surface area contributed by atoms with Crippen LogP contribution in [0.25, 0.3) is 16.8 Å².